The van der Waals surface area contributed by atoms with Gasteiger partial charge in [0.15, 0.2) is 0 Å². The van der Waals surface area contributed by atoms with Gasteiger partial charge in [0.1, 0.15) is 0 Å². The predicted molar refractivity (Wildman–Crippen MR) is 50.6 cm³/mol. The highest BCUT2D eigenvalue weighted by Crippen LogP contribution is 2.07. The van der Waals surface area contributed by atoms with Crippen LogP contribution in [0.4, 0.5) is 0 Å². The lowest BCUT2D eigenvalue weighted by molar-refractivity contribution is -0.124. The van der Waals surface area contributed by atoms with Crippen LogP contribution in [0.2, 0.25) is 0 Å². The van der Waals surface area contributed by atoms with Gasteiger partial charge < -0.3 is 10.6 Å². The summed E-state index contributed by atoms with van der Waals surface area (Å²) < 4.78 is 0. The first-order valence-corrected chi connectivity index (χ1v) is 5.14. The SMILES string of the molecule is O=C1NCCNC1Cc1nccs1. The monoisotopic (exact) mass is 197 g/mol. The number of nitrogens with zero attached hydrogens (tertiary/aromatic N) is 1. The number of carbonyl (C=O) groups is 1. The fourth-order valence-corrected chi connectivity index (χ4v) is 2.00. The van der Waals surface area contributed by atoms with Gasteiger partial charge in [0.25, 0.3) is 0 Å². The van der Waals surface area contributed by atoms with Crippen molar-refractivity contribution in [2.75, 3.05) is 13.1 Å². The summed E-state index contributed by atoms with van der Waals surface area (Å²) in [5, 5.41) is 8.92. The van der Waals surface area contributed by atoms with Gasteiger partial charge in [-0.3, -0.25) is 4.79 Å². The van der Waals surface area contributed by atoms with Crippen molar-refractivity contribution in [3.8, 4) is 0 Å². The maximum absolute atomic E-state index is 11.3. The van der Waals surface area contributed by atoms with E-state index in [1.54, 1.807) is 17.5 Å². The van der Waals surface area contributed by atoms with Gasteiger partial charge in [-0.1, -0.05) is 0 Å². The summed E-state index contributed by atoms with van der Waals surface area (Å²) in [4.78, 5) is 15.5. The summed E-state index contributed by atoms with van der Waals surface area (Å²) in [5.41, 5.74) is 0. The molecule has 1 saturated heterocycles. The van der Waals surface area contributed by atoms with E-state index in [2.05, 4.69) is 15.6 Å². The third-order valence-corrected chi connectivity index (χ3v) is 2.80. The van der Waals surface area contributed by atoms with E-state index in [0.717, 1.165) is 18.1 Å². The highest BCUT2D eigenvalue weighted by molar-refractivity contribution is 7.09. The topological polar surface area (TPSA) is 54.0 Å². The number of carbonyl (C=O) groups excluding carboxylic acids is 1. The summed E-state index contributed by atoms with van der Waals surface area (Å²) in [6, 6.07) is -0.0973. The van der Waals surface area contributed by atoms with Crippen LogP contribution in [0.3, 0.4) is 0 Å². The largest absolute Gasteiger partial charge is 0.353 e. The van der Waals surface area contributed by atoms with Gasteiger partial charge in [-0.2, -0.15) is 0 Å². The fraction of sp³-hybridized carbons (Fsp3) is 0.500. The summed E-state index contributed by atoms with van der Waals surface area (Å²) in [5.74, 6) is 0.0847. The van der Waals surface area contributed by atoms with Gasteiger partial charge in [0, 0.05) is 31.1 Å². The lowest BCUT2D eigenvalue weighted by Crippen LogP contribution is -2.53. The molecule has 1 aromatic heterocycles. The first-order valence-electron chi connectivity index (χ1n) is 4.26. The number of nitrogens with one attached hydrogen (secondary N) is 2. The van der Waals surface area contributed by atoms with Crippen molar-refractivity contribution in [2.45, 2.75) is 12.5 Å². The quantitative estimate of drug-likeness (QED) is 0.689. The van der Waals surface area contributed by atoms with Gasteiger partial charge in [0.05, 0.1) is 11.0 Å². The first-order chi connectivity index (χ1) is 6.36. The molecule has 0 aromatic carbocycles. The van der Waals surface area contributed by atoms with Crippen LogP contribution < -0.4 is 10.6 Å². The number of thiazole rings is 1. The maximum Gasteiger partial charge on any atom is 0.237 e. The molecule has 0 aliphatic carbocycles. The van der Waals surface area contributed by atoms with Crippen LogP contribution in [0.25, 0.3) is 0 Å². The van der Waals surface area contributed by atoms with E-state index in [0.29, 0.717) is 6.42 Å². The van der Waals surface area contributed by atoms with Gasteiger partial charge in [-0.25, -0.2) is 4.98 Å². The molecule has 1 atom stereocenters. The molecule has 4 nitrogen and oxygen atoms in total. The third kappa shape index (κ3) is 2.05. The summed E-state index contributed by atoms with van der Waals surface area (Å²) in [6.07, 6.45) is 2.46. The molecule has 70 valence electrons. The van der Waals surface area contributed by atoms with E-state index in [-0.39, 0.29) is 11.9 Å². The highest BCUT2D eigenvalue weighted by atomic mass is 32.1. The van der Waals surface area contributed by atoms with Gasteiger partial charge in [-0.15, -0.1) is 11.3 Å². The summed E-state index contributed by atoms with van der Waals surface area (Å²) in [6.45, 7) is 1.58. The van der Waals surface area contributed by atoms with Crippen LogP contribution in [0.15, 0.2) is 11.6 Å². The van der Waals surface area contributed by atoms with Crippen molar-refractivity contribution in [1.29, 1.82) is 0 Å². The Kier molecular flexibility index (Phi) is 2.56. The first kappa shape index (κ1) is 8.65. The van der Waals surface area contributed by atoms with E-state index < -0.39 is 0 Å². The molecule has 1 amide bonds. The Labute approximate surface area is 80.4 Å². The molecule has 2 heterocycles. The van der Waals surface area contributed by atoms with Crippen molar-refractivity contribution in [3.05, 3.63) is 16.6 Å². The molecule has 1 aliphatic heterocycles. The second kappa shape index (κ2) is 3.85. The molecular formula is C8H11N3OS. The Hall–Kier alpha value is -0.940. The minimum atomic E-state index is -0.0973. The lowest BCUT2D eigenvalue weighted by atomic mass is 10.1. The highest BCUT2D eigenvalue weighted by Gasteiger charge is 2.21. The van der Waals surface area contributed by atoms with Crippen LogP contribution in [-0.4, -0.2) is 30.0 Å². The van der Waals surface area contributed by atoms with Crippen LogP contribution in [0.5, 0.6) is 0 Å². The minimum Gasteiger partial charge on any atom is -0.353 e. The molecule has 0 saturated carbocycles. The minimum absolute atomic E-state index is 0.0847. The zero-order valence-corrected chi connectivity index (χ0v) is 7.93. The second-order valence-electron chi connectivity index (χ2n) is 2.93. The molecule has 13 heavy (non-hydrogen) atoms. The van der Waals surface area contributed by atoms with Crippen LogP contribution in [-0.2, 0) is 11.2 Å². The standard InChI is InChI=1S/C8H11N3OS/c12-8-6(9-1-2-11-8)5-7-10-3-4-13-7/h3-4,6,9H,1-2,5H2,(H,11,12). The number of amides is 1. The molecule has 0 bridgehead atoms. The zero-order chi connectivity index (χ0) is 9.10. The summed E-state index contributed by atoms with van der Waals surface area (Å²) >= 11 is 1.59. The Morgan fingerprint density at radius 2 is 2.54 bits per heavy atom. The fourth-order valence-electron chi connectivity index (χ4n) is 1.34. The average Bonchev–Trinajstić information content (AvgIpc) is 2.61. The Balaban J connectivity index is 1.97. The molecule has 2 N–H and O–H groups in total. The van der Waals surface area contributed by atoms with E-state index in [1.165, 1.54) is 0 Å². The van der Waals surface area contributed by atoms with Gasteiger partial charge in [-0.05, 0) is 0 Å². The molecule has 1 unspecified atom stereocenters. The average molecular weight is 197 g/mol. The maximum atomic E-state index is 11.3. The Morgan fingerprint density at radius 1 is 1.62 bits per heavy atom. The number of aromatic nitrogens is 1. The number of piperazine rings is 1. The third-order valence-electron chi connectivity index (χ3n) is 1.99. The molecular weight excluding hydrogens is 186 g/mol. The number of hydrogen-bond acceptors (Lipinski definition) is 4. The van der Waals surface area contributed by atoms with E-state index in [4.69, 9.17) is 0 Å². The normalized spacial score (nSPS) is 22.8. The van der Waals surface area contributed by atoms with E-state index in [1.807, 2.05) is 5.38 Å². The number of rotatable bonds is 2. The molecule has 1 aromatic rings. The Bertz CT molecular complexity index is 286. The molecule has 5 heteroatoms. The Morgan fingerprint density at radius 3 is 3.23 bits per heavy atom. The molecule has 2 rings (SSSR count). The van der Waals surface area contributed by atoms with Gasteiger partial charge in [0.2, 0.25) is 5.91 Å². The van der Waals surface area contributed by atoms with E-state index >= 15 is 0 Å². The van der Waals surface area contributed by atoms with Crippen LogP contribution in [0, 0.1) is 0 Å². The van der Waals surface area contributed by atoms with Crippen LogP contribution >= 0.6 is 11.3 Å². The lowest BCUT2D eigenvalue weighted by Gasteiger charge is -2.22. The van der Waals surface area contributed by atoms with Crippen molar-refractivity contribution in [3.63, 3.8) is 0 Å². The number of hydrogen-bond donors (Lipinski definition) is 2. The van der Waals surface area contributed by atoms with Gasteiger partial charge >= 0.3 is 0 Å². The zero-order valence-electron chi connectivity index (χ0n) is 7.12. The van der Waals surface area contributed by atoms with Crippen molar-refractivity contribution in [2.24, 2.45) is 0 Å². The summed E-state index contributed by atoms with van der Waals surface area (Å²) in [7, 11) is 0. The second-order valence-corrected chi connectivity index (χ2v) is 3.91. The molecule has 0 spiro atoms. The van der Waals surface area contributed by atoms with Crippen molar-refractivity contribution >= 4 is 17.2 Å². The van der Waals surface area contributed by atoms with E-state index in [9.17, 15) is 4.79 Å². The van der Waals surface area contributed by atoms with Crippen LogP contribution in [0.1, 0.15) is 5.01 Å². The van der Waals surface area contributed by atoms with Crippen molar-refractivity contribution in [1.82, 2.24) is 15.6 Å². The van der Waals surface area contributed by atoms with Crippen molar-refractivity contribution < 1.29 is 4.79 Å². The molecule has 1 aliphatic rings. The molecule has 1 fully saturated rings. The smallest absolute Gasteiger partial charge is 0.237 e. The predicted octanol–water partition coefficient (Wildman–Crippen LogP) is -0.226. The molecule has 0 radical (unpaired) electrons.